The van der Waals surface area contributed by atoms with E-state index in [-0.39, 0.29) is 17.0 Å². The van der Waals surface area contributed by atoms with Crippen LogP contribution in [0.3, 0.4) is 0 Å². The summed E-state index contributed by atoms with van der Waals surface area (Å²) in [4.78, 5) is 0. The summed E-state index contributed by atoms with van der Waals surface area (Å²) < 4.78 is 31.0. The van der Waals surface area contributed by atoms with E-state index in [4.69, 9.17) is 19.6 Å². The van der Waals surface area contributed by atoms with Crippen LogP contribution in [0.5, 0.6) is 11.5 Å². The van der Waals surface area contributed by atoms with Crippen LogP contribution < -0.4 is 15.2 Å². The van der Waals surface area contributed by atoms with E-state index in [1.54, 1.807) is 12.1 Å². The van der Waals surface area contributed by atoms with Crippen molar-refractivity contribution in [2.75, 3.05) is 13.2 Å². The maximum Gasteiger partial charge on any atom is 0.192 e. The molecule has 1 atom stereocenters. The highest BCUT2D eigenvalue weighted by Crippen LogP contribution is 2.37. The molecule has 154 valence electrons. The van der Waals surface area contributed by atoms with Gasteiger partial charge < -0.3 is 19.6 Å². The molecule has 0 aromatic heterocycles. The number of ether oxygens (including phenoxy) is 2. The third-order valence-corrected chi connectivity index (χ3v) is 9.63. The topological polar surface area (TPSA) is 53.7 Å². The van der Waals surface area contributed by atoms with Gasteiger partial charge in [-0.2, -0.15) is 0 Å². The molecule has 2 aromatic rings. The average Bonchev–Trinajstić information content (AvgIpc) is 2.64. The second-order valence-corrected chi connectivity index (χ2v) is 13.2. The lowest BCUT2D eigenvalue weighted by Gasteiger charge is -2.38. The second kappa shape index (κ2) is 9.54. The summed E-state index contributed by atoms with van der Waals surface area (Å²) in [5.41, 5.74) is 6.81. The Labute approximate surface area is 168 Å². The molecule has 0 aliphatic carbocycles. The lowest BCUT2D eigenvalue weighted by molar-refractivity contribution is 0.121. The van der Waals surface area contributed by atoms with Crippen LogP contribution in [-0.2, 0) is 11.0 Å². The maximum absolute atomic E-state index is 13.0. The third-order valence-electron chi connectivity index (χ3n) is 5.09. The van der Waals surface area contributed by atoms with E-state index in [9.17, 15) is 4.39 Å². The van der Waals surface area contributed by atoms with Crippen molar-refractivity contribution in [3.8, 4) is 11.5 Å². The van der Waals surface area contributed by atoms with Gasteiger partial charge in [0.25, 0.3) is 0 Å². The van der Waals surface area contributed by atoms with Gasteiger partial charge in [0.1, 0.15) is 30.5 Å². The molecule has 0 unspecified atom stereocenters. The molecule has 0 aliphatic heterocycles. The SMILES string of the molecule is CC(C)(C)[Si](C)(C)O[C@H](CN)COc1cccc(OCc2ccc(F)cc2)c1. The number of halogens is 1. The standard InChI is InChI=1S/C22H32FNO3Si/c1-22(2,3)28(4,5)27-21(14-24)16-26-20-8-6-7-19(13-20)25-15-17-9-11-18(23)12-10-17/h6-13,21H,14-16,24H2,1-5H3/t21-/m1/s1. The lowest BCUT2D eigenvalue weighted by Crippen LogP contribution is -2.47. The zero-order chi connectivity index (χ0) is 20.8. The van der Waals surface area contributed by atoms with Gasteiger partial charge in [0.15, 0.2) is 8.32 Å². The van der Waals surface area contributed by atoms with Gasteiger partial charge in [-0.05, 0) is 48.0 Å². The molecule has 0 bridgehead atoms. The second-order valence-electron chi connectivity index (χ2n) is 8.44. The lowest BCUT2D eigenvalue weighted by atomic mass is 10.2. The molecule has 6 heteroatoms. The van der Waals surface area contributed by atoms with Crippen molar-refractivity contribution in [2.45, 2.75) is 51.6 Å². The van der Waals surface area contributed by atoms with Crippen LogP contribution in [0.2, 0.25) is 18.1 Å². The molecular formula is C22H32FNO3Si. The molecule has 0 heterocycles. The molecule has 2 aromatic carbocycles. The minimum atomic E-state index is -1.90. The summed E-state index contributed by atoms with van der Waals surface area (Å²) in [7, 11) is -1.90. The van der Waals surface area contributed by atoms with Crippen LogP contribution in [-0.4, -0.2) is 27.6 Å². The Morgan fingerprint density at radius 1 is 1.00 bits per heavy atom. The zero-order valence-corrected chi connectivity index (χ0v) is 18.5. The molecule has 0 spiro atoms. The van der Waals surface area contributed by atoms with Crippen molar-refractivity contribution in [1.29, 1.82) is 0 Å². The molecule has 28 heavy (non-hydrogen) atoms. The summed E-state index contributed by atoms with van der Waals surface area (Å²) in [5.74, 6) is 1.14. The summed E-state index contributed by atoms with van der Waals surface area (Å²) >= 11 is 0. The number of hydrogen-bond acceptors (Lipinski definition) is 4. The Hall–Kier alpha value is -1.89. The Kier molecular flexibility index (Phi) is 7.63. The fourth-order valence-electron chi connectivity index (χ4n) is 2.33. The van der Waals surface area contributed by atoms with Crippen molar-refractivity contribution in [3.05, 3.63) is 59.9 Å². The van der Waals surface area contributed by atoms with Crippen LogP contribution in [0.15, 0.2) is 48.5 Å². The minimum absolute atomic E-state index is 0.120. The van der Waals surface area contributed by atoms with E-state index in [1.807, 2.05) is 24.3 Å². The van der Waals surface area contributed by atoms with Crippen LogP contribution in [0.25, 0.3) is 0 Å². The number of nitrogens with two attached hydrogens (primary N) is 1. The van der Waals surface area contributed by atoms with Gasteiger partial charge in [0, 0.05) is 12.6 Å². The molecule has 2 rings (SSSR count). The molecular weight excluding hydrogens is 373 g/mol. The Bertz CT molecular complexity index is 744. The Morgan fingerprint density at radius 3 is 2.18 bits per heavy atom. The molecule has 0 saturated heterocycles. The van der Waals surface area contributed by atoms with Crippen LogP contribution in [0.1, 0.15) is 26.3 Å². The van der Waals surface area contributed by atoms with Crippen molar-refractivity contribution >= 4 is 8.32 Å². The monoisotopic (exact) mass is 405 g/mol. The summed E-state index contributed by atoms with van der Waals surface area (Å²) in [6, 6.07) is 13.7. The molecule has 0 aliphatic rings. The third kappa shape index (κ3) is 6.62. The summed E-state index contributed by atoms with van der Waals surface area (Å²) in [6.07, 6.45) is -0.148. The first kappa shape index (κ1) is 22.4. The maximum atomic E-state index is 13.0. The number of rotatable bonds is 9. The number of benzene rings is 2. The number of hydrogen-bond donors (Lipinski definition) is 1. The quantitative estimate of drug-likeness (QED) is 0.588. The molecule has 4 nitrogen and oxygen atoms in total. The molecule has 0 radical (unpaired) electrons. The Balaban J connectivity index is 1.91. The van der Waals surface area contributed by atoms with Crippen LogP contribution in [0, 0.1) is 5.82 Å². The van der Waals surface area contributed by atoms with Crippen LogP contribution >= 0.6 is 0 Å². The molecule has 0 fully saturated rings. The predicted octanol–water partition coefficient (Wildman–Crippen LogP) is 5.13. The van der Waals surface area contributed by atoms with Crippen molar-refractivity contribution < 1.29 is 18.3 Å². The first-order valence-electron chi connectivity index (χ1n) is 9.59. The van der Waals surface area contributed by atoms with E-state index in [2.05, 4.69) is 33.9 Å². The highest BCUT2D eigenvalue weighted by Gasteiger charge is 2.39. The highest BCUT2D eigenvalue weighted by atomic mass is 28.4. The van der Waals surface area contributed by atoms with Gasteiger partial charge in [-0.15, -0.1) is 0 Å². The predicted molar refractivity (Wildman–Crippen MR) is 114 cm³/mol. The summed E-state index contributed by atoms with van der Waals surface area (Å²) in [6.45, 7) is 12.2. The van der Waals surface area contributed by atoms with Gasteiger partial charge in [0.2, 0.25) is 0 Å². The van der Waals surface area contributed by atoms with Crippen molar-refractivity contribution in [1.82, 2.24) is 0 Å². The van der Waals surface area contributed by atoms with E-state index < -0.39 is 8.32 Å². The molecule has 0 saturated carbocycles. The van der Waals surface area contributed by atoms with Gasteiger partial charge in [-0.1, -0.05) is 39.0 Å². The van der Waals surface area contributed by atoms with Gasteiger partial charge in [-0.25, -0.2) is 4.39 Å². The van der Waals surface area contributed by atoms with Gasteiger partial charge in [0.05, 0.1) is 6.10 Å². The summed E-state index contributed by atoms with van der Waals surface area (Å²) in [5, 5.41) is 0.120. The highest BCUT2D eigenvalue weighted by molar-refractivity contribution is 6.74. The van der Waals surface area contributed by atoms with Crippen molar-refractivity contribution in [2.24, 2.45) is 5.73 Å². The van der Waals surface area contributed by atoms with E-state index in [0.29, 0.717) is 31.3 Å². The van der Waals surface area contributed by atoms with Gasteiger partial charge in [-0.3, -0.25) is 0 Å². The first-order valence-corrected chi connectivity index (χ1v) is 12.5. The fraction of sp³-hybridized carbons (Fsp3) is 0.455. The van der Waals surface area contributed by atoms with Gasteiger partial charge >= 0.3 is 0 Å². The molecule has 0 amide bonds. The molecule has 2 N–H and O–H groups in total. The average molecular weight is 406 g/mol. The fourth-order valence-corrected chi connectivity index (χ4v) is 3.69. The van der Waals surface area contributed by atoms with E-state index in [1.165, 1.54) is 12.1 Å². The largest absolute Gasteiger partial charge is 0.491 e. The Morgan fingerprint density at radius 2 is 1.61 bits per heavy atom. The minimum Gasteiger partial charge on any atom is -0.491 e. The van der Waals surface area contributed by atoms with E-state index in [0.717, 1.165) is 5.56 Å². The van der Waals surface area contributed by atoms with E-state index >= 15 is 0 Å². The first-order chi connectivity index (χ1) is 13.1. The van der Waals surface area contributed by atoms with Crippen LogP contribution in [0.4, 0.5) is 4.39 Å². The smallest absolute Gasteiger partial charge is 0.192 e. The normalized spacial score (nSPS) is 13.2. The zero-order valence-electron chi connectivity index (χ0n) is 17.5. The van der Waals surface area contributed by atoms with Crippen molar-refractivity contribution in [3.63, 3.8) is 0 Å².